The number of hydrogen-bond donors (Lipinski definition) is 0. The molecule has 0 bridgehead atoms. The van der Waals surface area contributed by atoms with E-state index < -0.39 is 0 Å². The maximum absolute atomic E-state index is 9.64. The van der Waals surface area contributed by atoms with Crippen molar-refractivity contribution >= 4 is 10.8 Å². The molecule has 9 aromatic carbocycles. The Balaban J connectivity index is 1.05. The normalized spacial score (nSPS) is 11.0. The third-order valence-corrected chi connectivity index (χ3v) is 12.0. The van der Waals surface area contributed by atoms with E-state index in [9.17, 15) is 5.26 Å². The van der Waals surface area contributed by atoms with E-state index in [1.165, 1.54) is 0 Å². The zero-order valence-electron chi connectivity index (χ0n) is 35.8. The minimum absolute atomic E-state index is 0.626. The summed E-state index contributed by atoms with van der Waals surface area (Å²) in [5.41, 5.74) is 16.5. The summed E-state index contributed by atoms with van der Waals surface area (Å²) in [6.07, 6.45) is 0. The molecule has 0 aliphatic rings. The van der Waals surface area contributed by atoms with Crippen LogP contribution in [0.15, 0.2) is 237 Å². The lowest BCUT2D eigenvalue weighted by atomic mass is 9.85. The zero-order chi connectivity index (χ0) is 44.2. The molecule has 0 fully saturated rings. The van der Waals surface area contributed by atoms with Gasteiger partial charge >= 0.3 is 0 Å². The second-order valence-electron chi connectivity index (χ2n) is 16.1. The van der Waals surface area contributed by atoms with Gasteiger partial charge in [0.05, 0.1) is 34.4 Å². The van der Waals surface area contributed by atoms with Crippen molar-refractivity contribution in [1.29, 1.82) is 5.26 Å². The molecular weight excluding hydrogens is 803 g/mol. The Kier molecular flexibility index (Phi) is 10.6. The highest BCUT2D eigenvalue weighted by Gasteiger charge is 2.19. The Morgan fingerprint density at radius 3 is 1.05 bits per heavy atom. The van der Waals surface area contributed by atoms with Crippen LogP contribution >= 0.6 is 0 Å². The quantitative estimate of drug-likeness (QED) is 0.145. The standard InChI is InChI=1S/C61H39N5/c62-40-41-25-27-42(28-26-41)53-37-54(43-29-31-46(32-30-43)57-38-55(44-15-5-1-6-16-44)63-60(65-57)49-19-9-3-10-20-49)59(52-24-14-13-23-51(52)53)48-35-33-47(34-36-48)58-39-56(45-17-7-2-8-18-45)64-61(66-58)50-21-11-4-12-22-50/h1-39H. The smallest absolute Gasteiger partial charge is 0.160 e. The second-order valence-corrected chi connectivity index (χ2v) is 16.1. The molecule has 2 heterocycles. The number of nitriles is 1. The Hall–Kier alpha value is -9.11. The summed E-state index contributed by atoms with van der Waals surface area (Å²) in [7, 11) is 0. The first-order chi connectivity index (χ1) is 32.6. The van der Waals surface area contributed by atoms with Crippen LogP contribution in [0.4, 0.5) is 0 Å². The van der Waals surface area contributed by atoms with Crippen LogP contribution in [0.25, 0.3) is 112 Å². The molecule has 11 aromatic rings. The van der Waals surface area contributed by atoms with Gasteiger partial charge in [0.1, 0.15) is 0 Å². The molecule has 5 heteroatoms. The third kappa shape index (κ3) is 7.92. The Labute approximate surface area is 383 Å². The van der Waals surface area contributed by atoms with Crippen LogP contribution < -0.4 is 0 Å². The van der Waals surface area contributed by atoms with Gasteiger partial charge < -0.3 is 0 Å². The lowest BCUT2D eigenvalue weighted by Gasteiger charge is -2.19. The van der Waals surface area contributed by atoms with Gasteiger partial charge in [-0.05, 0) is 74.5 Å². The van der Waals surface area contributed by atoms with Gasteiger partial charge in [-0.1, -0.05) is 206 Å². The maximum atomic E-state index is 9.64. The van der Waals surface area contributed by atoms with E-state index in [0.29, 0.717) is 17.2 Å². The van der Waals surface area contributed by atoms with E-state index in [1.54, 1.807) is 0 Å². The van der Waals surface area contributed by atoms with Gasteiger partial charge in [-0.2, -0.15) is 5.26 Å². The molecular formula is C61H39N5. The molecule has 2 aromatic heterocycles. The van der Waals surface area contributed by atoms with Crippen LogP contribution in [-0.4, -0.2) is 19.9 Å². The van der Waals surface area contributed by atoms with E-state index in [1.807, 2.05) is 109 Å². The van der Waals surface area contributed by atoms with Crippen molar-refractivity contribution in [3.63, 3.8) is 0 Å². The van der Waals surface area contributed by atoms with Crippen LogP contribution in [-0.2, 0) is 0 Å². The van der Waals surface area contributed by atoms with Crippen molar-refractivity contribution in [2.24, 2.45) is 0 Å². The van der Waals surface area contributed by atoms with Gasteiger partial charge in [-0.3, -0.25) is 0 Å². The summed E-state index contributed by atoms with van der Waals surface area (Å²) in [4.78, 5) is 20.3. The van der Waals surface area contributed by atoms with Gasteiger partial charge in [0, 0.05) is 33.4 Å². The van der Waals surface area contributed by atoms with E-state index in [0.717, 1.165) is 100 Å². The lowest BCUT2D eigenvalue weighted by molar-refractivity contribution is 1.18. The van der Waals surface area contributed by atoms with E-state index in [4.69, 9.17) is 19.9 Å². The molecule has 0 saturated carbocycles. The summed E-state index contributed by atoms with van der Waals surface area (Å²) in [5.74, 6) is 1.36. The second kappa shape index (κ2) is 17.6. The van der Waals surface area contributed by atoms with Crippen LogP contribution in [0.5, 0.6) is 0 Å². The fourth-order valence-corrected chi connectivity index (χ4v) is 8.64. The summed E-state index contributed by atoms with van der Waals surface area (Å²) in [6, 6.07) is 83.5. The van der Waals surface area contributed by atoms with Gasteiger partial charge in [0.2, 0.25) is 0 Å². The number of rotatable bonds is 9. The molecule has 308 valence electrons. The maximum Gasteiger partial charge on any atom is 0.160 e. The van der Waals surface area contributed by atoms with Gasteiger partial charge in [-0.25, -0.2) is 19.9 Å². The van der Waals surface area contributed by atoms with Gasteiger partial charge in [0.15, 0.2) is 11.6 Å². The topological polar surface area (TPSA) is 75.3 Å². The van der Waals surface area contributed by atoms with Crippen molar-refractivity contribution in [2.75, 3.05) is 0 Å². The van der Waals surface area contributed by atoms with Gasteiger partial charge in [-0.15, -0.1) is 0 Å². The van der Waals surface area contributed by atoms with Crippen molar-refractivity contribution in [3.8, 4) is 107 Å². The van der Waals surface area contributed by atoms with Crippen molar-refractivity contribution in [1.82, 2.24) is 19.9 Å². The fourth-order valence-electron chi connectivity index (χ4n) is 8.64. The summed E-state index contributed by atoms with van der Waals surface area (Å²) in [6.45, 7) is 0. The molecule has 11 rings (SSSR count). The number of fused-ring (bicyclic) bond motifs is 1. The molecule has 0 atom stereocenters. The summed E-state index contributed by atoms with van der Waals surface area (Å²) >= 11 is 0. The molecule has 0 unspecified atom stereocenters. The highest BCUT2D eigenvalue weighted by molar-refractivity contribution is 6.11. The Morgan fingerprint density at radius 1 is 0.273 bits per heavy atom. The van der Waals surface area contributed by atoms with Crippen molar-refractivity contribution in [2.45, 2.75) is 0 Å². The highest BCUT2D eigenvalue weighted by Crippen LogP contribution is 2.44. The van der Waals surface area contributed by atoms with Crippen molar-refractivity contribution < 1.29 is 0 Å². The Bertz CT molecular complexity index is 3420. The van der Waals surface area contributed by atoms with E-state index in [2.05, 4.69) is 133 Å². The molecule has 0 aliphatic heterocycles. The Morgan fingerprint density at radius 2 is 0.606 bits per heavy atom. The van der Waals surface area contributed by atoms with E-state index >= 15 is 0 Å². The molecule has 0 N–H and O–H groups in total. The van der Waals surface area contributed by atoms with Gasteiger partial charge in [0.25, 0.3) is 0 Å². The first kappa shape index (κ1) is 39.7. The molecule has 0 amide bonds. The molecule has 66 heavy (non-hydrogen) atoms. The summed E-state index contributed by atoms with van der Waals surface area (Å²) < 4.78 is 0. The average molecular weight is 842 g/mol. The minimum Gasteiger partial charge on any atom is -0.228 e. The average Bonchev–Trinajstić information content (AvgIpc) is 3.41. The van der Waals surface area contributed by atoms with Crippen LogP contribution in [0, 0.1) is 11.3 Å². The summed E-state index contributed by atoms with van der Waals surface area (Å²) in [5, 5.41) is 11.9. The minimum atomic E-state index is 0.626. The number of benzene rings is 9. The number of nitrogens with zero attached hydrogens (tertiary/aromatic N) is 5. The SMILES string of the molecule is N#Cc1ccc(-c2cc(-c3ccc(-c4cc(-c5ccccc5)nc(-c5ccccc5)n4)cc3)c(-c3ccc(-c4cc(-c5ccccc5)nc(-c5ccccc5)n4)cc3)c3ccccc23)cc1. The van der Waals surface area contributed by atoms with Crippen molar-refractivity contribution in [3.05, 3.63) is 242 Å². The van der Waals surface area contributed by atoms with Crippen LogP contribution in [0.2, 0.25) is 0 Å². The first-order valence-corrected chi connectivity index (χ1v) is 21.9. The first-order valence-electron chi connectivity index (χ1n) is 21.9. The largest absolute Gasteiger partial charge is 0.228 e. The fraction of sp³-hybridized carbons (Fsp3) is 0. The predicted octanol–water partition coefficient (Wildman–Crippen LogP) is 15.3. The predicted molar refractivity (Wildman–Crippen MR) is 269 cm³/mol. The third-order valence-electron chi connectivity index (χ3n) is 12.0. The van der Waals surface area contributed by atoms with Crippen LogP contribution in [0.1, 0.15) is 5.56 Å². The molecule has 0 saturated heterocycles. The van der Waals surface area contributed by atoms with Crippen LogP contribution in [0.3, 0.4) is 0 Å². The number of aromatic nitrogens is 4. The lowest BCUT2D eigenvalue weighted by Crippen LogP contribution is -1.96. The highest BCUT2D eigenvalue weighted by atomic mass is 14.9. The molecule has 0 radical (unpaired) electrons. The zero-order valence-corrected chi connectivity index (χ0v) is 35.8. The monoisotopic (exact) mass is 841 g/mol. The molecule has 0 aliphatic carbocycles. The van der Waals surface area contributed by atoms with E-state index in [-0.39, 0.29) is 0 Å². The molecule has 0 spiro atoms. The molecule has 5 nitrogen and oxygen atoms in total. The number of hydrogen-bond acceptors (Lipinski definition) is 5.